The van der Waals surface area contributed by atoms with Gasteiger partial charge in [-0.15, -0.1) is 0 Å². The van der Waals surface area contributed by atoms with Gasteiger partial charge in [0.1, 0.15) is 16.7 Å². The number of rotatable bonds is 3. The van der Waals surface area contributed by atoms with Crippen LogP contribution in [0, 0.1) is 11.4 Å². The van der Waals surface area contributed by atoms with E-state index in [-0.39, 0.29) is 12.1 Å². The number of hydrogen-bond acceptors (Lipinski definition) is 4. The predicted molar refractivity (Wildman–Crippen MR) is 46.8 cm³/mol. The smallest absolute Gasteiger partial charge is 0.309 e. The van der Waals surface area contributed by atoms with Crippen molar-refractivity contribution < 1.29 is 14.6 Å². The molecule has 0 aromatic rings. The summed E-state index contributed by atoms with van der Waals surface area (Å²) < 4.78 is 5.10. The van der Waals surface area contributed by atoms with Crippen LogP contribution in [0.4, 0.5) is 0 Å². The molecule has 6 heteroatoms. The average Bonchev–Trinajstić information content (AvgIpc) is 2.17. The van der Waals surface area contributed by atoms with E-state index in [0.29, 0.717) is 19.3 Å². The van der Waals surface area contributed by atoms with Crippen LogP contribution in [-0.4, -0.2) is 30.3 Å². The molecular weight excluding hydrogens is 186 g/mol. The van der Waals surface area contributed by atoms with E-state index in [9.17, 15) is 4.79 Å². The molecule has 0 radical (unpaired) electrons. The van der Waals surface area contributed by atoms with Crippen molar-refractivity contribution in [2.24, 2.45) is 11.0 Å². The third-order valence-electron chi connectivity index (χ3n) is 2.61. The normalized spacial score (nSPS) is 31.9. The second kappa shape index (κ2) is 4.83. The van der Waals surface area contributed by atoms with Gasteiger partial charge in [-0.2, -0.15) is 0 Å². The summed E-state index contributed by atoms with van der Waals surface area (Å²) in [6.45, 7) is 0. The fourth-order valence-corrected chi connectivity index (χ4v) is 1.84. The predicted octanol–water partition coefficient (Wildman–Crippen LogP) is 0.805. The lowest BCUT2D eigenvalue weighted by molar-refractivity contribution is -0.148. The summed E-state index contributed by atoms with van der Waals surface area (Å²) in [4.78, 5) is 13.8. The van der Waals surface area contributed by atoms with Gasteiger partial charge >= 0.3 is 5.97 Å². The minimum Gasteiger partial charge on any atom is -0.481 e. The Labute approximate surface area is 81.5 Å². The summed E-state index contributed by atoms with van der Waals surface area (Å²) in [6.07, 6.45) is 1.43. The van der Waals surface area contributed by atoms with Crippen LogP contribution in [0.15, 0.2) is 5.11 Å². The number of hydrogen-bond donors (Lipinski definition) is 2. The SMILES string of the molecule is CO[C@@H]1C[C@H](N=[N+]=N)CC[C@H]1C(=O)O. The molecule has 2 N–H and O–H groups in total. The molecule has 6 nitrogen and oxygen atoms in total. The van der Waals surface area contributed by atoms with Crippen molar-refractivity contribution in [3.63, 3.8) is 0 Å². The number of nitrogens with one attached hydrogen (secondary N) is 1. The zero-order chi connectivity index (χ0) is 10.6. The summed E-state index contributed by atoms with van der Waals surface area (Å²) in [6, 6.07) is -0.0620. The van der Waals surface area contributed by atoms with Gasteiger partial charge in [-0.25, -0.2) is 0 Å². The number of aliphatic carboxylic acids is 1. The number of nitrogens with zero attached hydrogens (tertiary/aromatic N) is 2. The molecule has 1 aliphatic rings. The number of ether oxygens (including phenoxy) is 1. The van der Waals surface area contributed by atoms with E-state index in [2.05, 4.69) is 10.0 Å². The molecule has 0 aromatic carbocycles. The Morgan fingerprint density at radius 2 is 2.36 bits per heavy atom. The molecule has 0 amide bonds. The molecule has 0 saturated heterocycles. The monoisotopic (exact) mass is 200 g/mol. The Bertz CT molecular complexity index is 263. The highest BCUT2D eigenvalue weighted by Crippen LogP contribution is 2.28. The molecule has 0 aromatic heterocycles. The summed E-state index contributed by atoms with van der Waals surface area (Å²) in [5.74, 6) is -1.27. The molecule has 0 spiro atoms. The molecule has 3 atom stereocenters. The minimum absolute atomic E-state index is 0.0620. The van der Waals surface area contributed by atoms with E-state index in [1.165, 1.54) is 7.11 Å². The van der Waals surface area contributed by atoms with Gasteiger partial charge in [-0.05, 0) is 12.8 Å². The van der Waals surface area contributed by atoms with Gasteiger partial charge in [0.25, 0.3) is 0 Å². The summed E-state index contributed by atoms with van der Waals surface area (Å²) in [5.41, 5.74) is 6.60. The fourth-order valence-electron chi connectivity index (χ4n) is 1.84. The molecule has 0 aliphatic heterocycles. The molecule has 14 heavy (non-hydrogen) atoms. The number of carboxylic acid groups (broad SMARTS) is 1. The Hall–Kier alpha value is -1.26. The van der Waals surface area contributed by atoms with Crippen molar-refractivity contribution in [3.8, 4) is 0 Å². The maximum Gasteiger partial charge on any atom is 0.309 e. The van der Waals surface area contributed by atoms with E-state index in [4.69, 9.17) is 15.4 Å². The van der Waals surface area contributed by atoms with Crippen LogP contribution >= 0.6 is 0 Å². The molecule has 0 bridgehead atoms. The molecule has 0 unspecified atom stereocenters. The summed E-state index contributed by atoms with van der Waals surface area (Å²) in [5, 5.41) is 12.6. The van der Waals surface area contributed by atoms with E-state index >= 15 is 0 Å². The maximum atomic E-state index is 10.8. The quantitative estimate of drug-likeness (QED) is 0.521. The van der Waals surface area contributed by atoms with Crippen molar-refractivity contribution in [2.45, 2.75) is 31.4 Å². The second-order valence-electron chi connectivity index (χ2n) is 3.40. The number of carbonyl (C=O) groups is 1. The van der Waals surface area contributed by atoms with Crippen LogP contribution < -0.4 is 4.91 Å². The highest BCUT2D eigenvalue weighted by Gasteiger charge is 2.36. The maximum absolute atomic E-state index is 10.8. The van der Waals surface area contributed by atoms with Gasteiger partial charge in [0, 0.05) is 13.5 Å². The van der Waals surface area contributed by atoms with Crippen LogP contribution in [0.1, 0.15) is 19.3 Å². The van der Waals surface area contributed by atoms with E-state index in [0.717, 1.165) is 0 Å². The molecule has 1 fully saturated rings. The van der Waals surface area contributed by atoms with Gasteiger partial charge in [0.05, 0.1) is 12.0 Å². The lowest BCUT2D eigenvalue weighted by Crippen LogP contribution is -2.37. The lowest BCUT2D eigenvalue weighted by atomic mass is 9.84. The van der Waals surface area contributed by atoms with Gasteiger partial charge < -0.3 is 9.84 Å². The third-order valence-corrected chi connectivity index (χ3v) is 2.61. The van der Waals surface area contributed by atoms with E-state index in [1.54, 1.807) is 0 Å². The van der Waals surface area contributed by atoms with Gasteiger partial charge in [-0.1, -0.05) is 0 Å². The molecule has 1 aliphatic carbocycles. The average molecular weight is 200 g/mol. The highest BCUT2D eigenvalue weighted by atomic mass is 16.5. The Morgan fingerprint density at radius 3 is 2.86 bits per heavy atom. The van der Waals surface area contributed by atoms with Gasteiger partial charge in [-0.3, -0.25) is 4.79 Å². The molecule has 78 valence electrons. The largest absolute Gasteiger partial charge is 0.481 e. The third kappa shape index (κ3) is 2.37. The summed E-state index contributed by atoms with van der Waals surface area (Å²) in [7, 11) is 1.50. The van der Waals surface area contributed by atoms with Gasteiger partial charge in [0.2, 0.25) is 4.91 Å². The van der Waals surface area contributed by atoms with Crippen molar-refractivity contribution in [2.75, 3.05) is 7.11 Å². The van der Waals surface area contributed by atoms with E-state index in [1.807, 2.05) is 0 Å². The first kappa shape index (κ1) is 10.8. The molecule has 1 saturated carbocycles. The Balaban J connectivity index is 2.63. The lowest BCUT2D eigenvalue weighted by Gasteiger charge is -2.28. The Morgan fingerprint density at radius 1 is 1.64 bits per heavy atom. The van der Waals surface area contributed by atoms with Crippen molar-refractivity contribution in [1.82, 2.24) is 4.91 Å². The number of methoxy groups -OCH3 is 1. The van der Waals surface area contributed by atoms with Crippen LogP contribution in [0.2, 0.25) is 0 Å². The van der Waals surface area contributed by atoms with Crippen molar-refractivity contribution >= 4 is 5.97 Å². The van der Waals surface area contributed by atoms with Crippen LogP contribution in [0.3, 0.4) is 0 Å². The van der Waals surface area contributed by atoms with Crippen molar-refractivity contribution in [1.29, 1.82) is 5.53 Å². The Kier molecular flexibility index (Phi) is 3.73. The second-order valence-corrected chi connectivity index (χ2v) is 3.40. The fraction of sp³-hybridized carbons (Fsp3) is 0.875. The van der Waals surface area contributed by atoms with E-state index < -0.39 is 11.9 Å². The zero-order valence-electron chi connectivity index (χ0n) is 8.01. The first-order valence-electron chi connectivity index (χ1n) is 4.51. The van der Waals surface area contributed by atoms with Crippen LogP contribution in [0.25, 0.3) is 0 Å². The number of carboxylic acids is 1. The zero-order valence-corrected chi connectivity index (χ0v) is 8.01. The molecular formula is C8H14N3O3+. The first-order chi connectivity index (χ1) is 6.69. The standard InChI is InChI=1S/C8H13N3O3/c1-14-7-4-5(10-11-9)2-3-6(7)8(12)13/h5-7,9H,2-4H2,1H3/p+1/t5-,6-,7-/m1/s1. The molecule has 0 heterocycles. The van der Waals surface area contributed by atoms with Crippen LogP contribution in [-0.2, 0) is 9.53 Å². The first-order valence-corrected chi connectivity index (χ1v) is 4.51. The minimum atomic E-state index is -0.821. The van der Waals surface area contributed by atoms with Crippen LogP contribution in [0.5, 0.6) is 0 Å². The topological polar surface area (TPSA) is 96.8 Å². The summed E-state index contributed by atoms with van der Waals surface area (Å²) >= 11 is 0. The molecule has 1 rings (SSSR count). The van der Waals surface area contributed by atoms with Gasteiger partial charge in [0.15, 0.2) is 0 Å². The van der Waals surface area contributed by atoms with Crippen molar-refractivity contribution in [3.05, 3.63) is 0 Å². The highest BCUT2D eigenvalue weighted by molar-refractivity contribution is 5.70.